The lowest BCUT2D eigenvalue weighted by atomic mass is 10.1. The standard InChI is InChI=1S/C20H20F3N5O2/c1-30-15-5-3-14(4-6-15)28-10-13(11-28)25-18(29)9-24-19-16-8-12(20(21,22)23)2-7-17(16)26-27-19/h2-8,13H,9-11H2,1H3,(H,25,29)(H2,24,26,27). The van der Waals surface area contributed by atoms with Crippen molar-refractivity contribution in [1.29, 1.82) is 0 Å². The van der Waals surface area contributed by atoms with Gasteiger partial charge in [0.2, 0.25) is 5.91 Å². The van der Waals surface area contributed by atoms with Crippen LogP contribution in [0.15, 0.2) is 42.5 Å². The molecule has 0 atom stereocenters. The molecule has 1 aliphatic heterocycles. The van der Waals surface area contributed by atoms with Crippen LogP contribution >= 0.6 is 0 Å². The van der Waals surface area contributed by atoms with Gasteiger partial charge in [0, 0.05) is 24.2 Å². The zero-order valence-corrected chi connectivity index (χ0v) is 16.1. The van der Waals surface area contributed by atoms with Gasteiger partial charge in [0.1, 0.15) is 5.75 Å². The van der Waals surface area contributed by atoms with Crippen LogP contribution in [0, 0.1) is 0 Å². The van der Waals surface area contributed by atoms with Gasteiger partial charge in [-0.1, -0.05) is 0 Å². The van der Waals surface area contributed by atoms with Crippen LogP contribution in [0.2, 0.25) is 0 Å². The van der Waals surface area contributed by atoms with E-state index in [0.29, 0.717) is 18.6 Å². The second-order valence-corrected chi connectivity index (χ2v) is 7.05. The Bertz CT molecular complexity index is 1040. The monoisotopic (exact) mass is 419 g/mol. The molecule has 10 heteroatoms. The minimum Gasteiger partial charge on any atom is -0.497 e. The van der Waals surface area contributed by atoms with E-state index in [0.717, 1.165) is 23.6 Å². The third-order valence-electron chi connectivity index (χ3n) is 4.99. The number of carbonyl (C=O) groups is 1. The Kier molecular flexibility index (Phi) is 5.15. The quantitative estimate of drug-likeness (QED) is 0.572. The number of nitrogens with one attached hydrogen (secondary N) is 3. The summed E-state index contributed by atoms with van der Waals surface area (Å²) < 4.78 is 43.9. The number of halogens is 3. The summed E-state index contributed by atoms with van der Waals surface area (Å²) in [4.78, 5) is 14.3. The summed E-state index contributed by atoms with van der Waals surface area (Å²) in [5.41, 5.74) is 0.736. The van der Waals surface area contributed by atoms with E-state index in [1.165, 1.54) is 6.07 Å². The lowest BCUT2D eigenvalue weighted by molar-refractivity contribution is -0.137. The lowest BCUT2D eigenvalue weighted by Gasteiger charge is -2.41. The SMILES string of the molecule is COc1ccc(N2CC(NC(=O)CNc3n[nH]c4ccc(C(F)(F)F)cc34)C2)cc1. The molecule has 1 amide bonds. The van der Waals surface area contributed by atoms with Gasteiger partial charge in [0.05, 0.1) is 30.8 Å². The molecule has 0 bridgehead atoms. The van der Waals surface area contributed by atoms with Crippen molar-refractivity contribution >= 4 is 28.3 Å². The van der Waals surface area contributed by atoms with E-state index in [4.69, 9.17) is 4.74 Å². The van der Waals surface area contributed by atoms with Crippen molar-refractivity contribution in [3.63, 3.8) is 0 Å². The summed E-state index contributed by atoms with van der Waals surface area (Å²) in [7, 11) is 1.61. The predicted octanol–water partition coefficient (Wildman–Crippen LogP) is 3.01. The van der Waals surface area contributed by atoms with Gasteiger partial charge in [-0.25, -0.2) is 0 Å². The first-order valence-corrected chi connectivity index (χ1v) is 9.31. The summed E-state index contributed by atoms with van der Waals surface area (Å²) >= 11 is 0. The number of amides is 1. The molecule has 0 saturated carbocycles. The maximum atomic E-state index is 12.9. The number of fused-ring (bicyclic) bond motifs is 1. The third-order valence-corrected chi connectivity index (χ3v) is 4.99. The highest BCUT2D eigenvalue weighted by Crippen LogP contribution is 2.32. The molecule has 0 aliphatic carbocycles. The molecule has 1 aliphatic rings. The lowest BCUT2D eigenvalue weighted by Crippen LogP contribution is -2.60. The molecule has 3 aromatic rings. The summed E-state index contributed by atoms with van der Waals surface area (Å²) in [5, 5.41) is 12.6. The fourth-order valence-electron chi connectivity index (χ4n) is 3.34. The zero-order chi connectivity index (χ0) is 21.3. The summed E-state index contributed by atoms with van der Waals surface area (Å²) in [6.45, 7) is 1.27. The molecule has 7 nitrogen and oxygen atoms in total. The highest BCUT2D eigenvalue weighted by atomic mass is 19.4. The van der Waals surface area contributed by atoms with Gasteiger partial charge in [0.25, 0.3) is 0 Å². The summed E-state index contributed by atoms with van der Waals surface area (Å²) in [6, 6.07) is 11.0. The Morgan fingerprint density at radius 1 is 1.23 bits per heavy atom. The minimum absolute atomic E-state index is 0.00848. The molecule has 1 saturated heterocycles. The molecule has 1 aromatic heterocycles. The Balaban J connectivity index is 1.29. The fourth-order valence-corrected chi connectivity index (χ4v) is 3.34. The van der Waals surface area contributed by atoms with Crippen LogP contribution in [-0.2, 0) is 11.0 Å². The second kappa shape index (κ2) is 7.77. The van der Waals surface area contributed by atoms with Crippen molar-refractivity contribution in [3.8, 4) is 5.75 Å². The first-order valence-electron chi connectivity index (χ1n) is 9.31. The van der Waals surface area contributed by atoms with E-state index in [-0.39, 0.29) is 29.7 Å². The van der Waals surface area contributed by atoms with Crippen LogP contribution in [0.25, 0.3) is 10.9 Å². The molecule has 158 valence electrons. The van der Waals surface area contributed by atoms with Gasteiger partial charge in [-0.15, -0.1) is 0 Å². The van der Waals surface area contributed by atoms with E-state index < -0.39 is 11.7 Å². The maximum Gasteiger partial charge on any atom is 0.416 e. The number of anilines is 2. The Labute approximate surface area is 170 Å². The van der Waals surface area contributed by atoms with Crippen LogP contribution < -0.4 is 20.3 Å². The molecule has 2 aromatic carbocycles. The highest BCUT2D eigenvalue weighted by molar-refractivity contribution is 5.92. The number of ether oxygens (including phenoxy) is 1. The van der Waals surface area contributed by atoms with Crippen LogP contribution in [-0.4, -0.2) is 48.9 Å². The van der Waals surface area contributed by atoms with E-state index >= 15 is 0 Å². The number of carbonyl (C=O) groups excluding carboxylic acids is 1. The van der Waals surface area contributed by atoms with Crippen LogP contribution in [0.4, 0.5) is 24.7 Å². The van der Waals surface area contributed by atoms with Crippen molar-refractivity contribution in [2.45, 2.75) is 12.2 Å². The molecule has 0 spiro atoms. The van der Waals surface area contributed by atoms with Crippen molar-refractivity contribution in [2.24, 2.45) is 0 Å². The fraction of sp³-hybridized carbons (Fsp3) is 0.300. The molecule has 4 rings (SSSR count). The van der Waals surface area contributed by atoms with Crippen molar-refractivity contribution in [3.05, 3.63) is 48.0 Å². The maximum absolute atomic E-state index is 12.9. The number of alkyl halides is 3. The Morgan fingerprint density at radius 2 is 1.97 bits per heavy atom. The first kappa shape index (κ1) is 19.9. The van der Waals surface area contributed by atoms with Crippen molar-refractivity contribution < 1.29 is 22.7 Å². The number of H-pyrrole nitrogens is 1. The molecule has 0 radical (unpaired) electrons. The van der Waals surface area contributed by atoms with Gasteiger partial charge in [-0.3, -0.25) is 9.89 Å². The van der Waals surface area contributed by atoms with Crippen molar-refractivity contribution in [1.82, 2.24) is 15.5 Å². The largest absolute Gasteiger partial charge is 0.497 e. The number of aromatic amines is 1. The third kappa shape index (κ3) is 4.12. The van der Waals surface area contributed by atoms with Crippen molar-refractivity contribution in [2.75, 3.05) is 37.0 Å². The average molecular weight is 419 g/mol. The normalized spacial score (nSPS) is 14.5. The number of nitrogens with zero attached hydrogens (tertiary/aromatic N) is 2. The summed E-state index contributed by atoms with van der Waals surface area (Å²) in [5.74, 6) is 0.737. The topological polar surface area (TPSA) is 82.3 Å². The number of methoxy groups -OCH3 is 1. The Morgan fingerprint density at radius 3 is 2.63 bits per heavy atom. The van der Waals surface area contributed by atoms with Gasteiger partial charge < -0.3 is 20.3 Å². The smallest absolute Gasteiger partial charge is 0.416 e. The Hall–Kier alpha value is -3.43. The van der Waals surface area contributed by atoms with Gasteiger partial charge in [0.15, 0.2) is 5.82 Å². The first-order chi connectivity index (χ1) is 14.3. The van der Waals surface area contributed by atoms with E-state index in [2.05, 4.69) is 25.7 Å². The average Bonchev–Trinajstić information content (AvgIpc) is 3.10. The molecular formula is C20H20F3N5O2. The van der Waals surface area contributed by atoms with E-state index in [1.54, 1.807) is 7.11 Å². The van der Waals surface area contributed by atoms with E-state index in [1.807, 2.05) is 24.3 Å². The molecule has 30 heavy (non-hydrogen) atoms. The molecule has 3 N–H and O–H groups in total. The minimum atomic E-state index is -4.44. The highest BCUT2D eigenvalue weighted by Gasteiger charge is 2.31. The molecular weight excluding hydrogens is 399 g/mol. The zero-order valence-electron chi connectivity index (χ0n) is 16.1. The molecule has 2 heterocycles. The van der Waals surface area contributed by atoms with Crippen LogP contribution in [0.1, 0.15) is 5.56 Å². The van der Waals surface area contributed by atoms with Gasteiger partial charge in [-0.05, 0) is 42.5 Å². The molecule has 0 unspecified atom stereocenters. The van der Waals surface area contributed by atoms with Gasteiger partial charge in [-0.2, -0.15) is 18.3 Å². The van der Waals surface area contributed by atoms with E-state index in [9.17, 15) is 18.0 Å². The number of hydrogen-bond donors (Lipinski definition) is 3. The second-order valence-electron chi connectivity index (χ2n) is 7.05. The predicted molar refractivity (Wildman–Crippen MR) is 107 cm³/mol. The number of rotatable bonds is 6. The number of hydrogen-bond acceptors (Lipinski definition) is 5. The molecule has 1 fully saturated rings. The van der Waals surface area contributed by atoms with Gasteiger partial charge >= 0.3 is 6.18 Å². The number of benzene rings is 2. The van der Waals surface area contributed by atoms with Crippen LogP contribution in [0.3, 0.4) is 0 Å². The summed E-state index contributed by atoms with van der Waals surface area (Å²) in [6.07, 6.45) is -4.44. The number of aromatic nitrogens is 2. The van der Waals surface area contributed by atoms with Crippen LogP contribution in [0.5, 0.6) is 5.75 Å².